The van der Waals surface area contributed by atoms with Crippen LogP contribution in [0.4, 0.5) is 5.69 Å². The maximum Gasteiger partial charge on any atom is 0.277 e. The molecular formula is C20H18ClNO2. The molecule has 2 amide bonds. The molecule has 2 aromatic carbocycles. The molecule has 3 rings (SSSR count). The smallest absolute Gasteiger partial charge is 0.268 e. The van der Waals surface area contributed by atoms with Gasteiger partial charge in [-0.3, -0.25) is 9.59 Å². The topological polar surface area (TPSA) is 37.4 Å². The Bertz CT molecular complexity index is 833. The second-order valence-corrected chi connectivity index (χ2v) is 6.62. The summed E-state index contributed by atoms with van der Waals surface area (Å²) >= 11 is 6.19. The van der Waals surface area contributed by atoms with E-state index in [1.54, 1.807) is 12.1 Å². The van der Waals surface area contributed by atoms with E-state index < -0.39 is 5.91 Å². The quantitative estimate of drug-likeness (QED) is 0.764. The highest BCUT2D eigenvalue weighted by atomic mass is 35.5. The molecule has 0 radical (unpaired) electrons. The number of hydrogen-bond acceptors (Lipinski definition) is 2. The van der Waals surface area contributed by atoms with Crippen molar-refractivity contribution in [2.45, 2.75) is 26.7 Å². The number of amides is 2. The van der Waals surface area contributed by atoms with Crippen LogP contribution in [0.5, 0.6) is 0 Å². The average Bonchev–Trinajstić information content (AvgIpc) is 2.78. The first-order valence-corrected chi connectivity index (χ1v) is 8.23. The maximum atomic E-state index is 12.8. The van der Waals surface area contributed by atoms with Crippen LogP contribution in [0.25, 0.3) is 5.57 Å². The molecule has 0 bridgehead atoms. The summed E-state index contributed by atoms with van der Waals surface area (Å²) in [6, 6.07) is 14.8. The van der Waals surface area contributed by atoms with E-state index in [1.165, 1.54) is 0 Å². The maximum absolute atomic E-state index is 12.8. The Balaban J connectivity index is 1.97. The van der Waals surface area contributed by atoms with E-state index >= 15 is 0 Å². The third-order valence-corrected chi connectivity index (χ3v) is 4.54. The van der Waals surface area contributed by atoms with Crippen molar-refractivity contribution < 1.29 is 9.59 Å². The van der Waals surface area contributed by atoms with Gasteiger partial charge in [0.2, 0.25) is 0 Å². The van der Waals surface area contributed by atoms with E-state index in [4.69, 9.17) is 11.6 Å². The summed E-state index contributed by atoms with van der Waals surface area (Å²) in [6.07, 6.45) is 0. The van der Waals surface area contributed by atoms with E-state index in [2.05, 4.69) is 13.8 Å². The number of carbonyl (C=O) groups excluding carboxylic acids is 2. The summed E-state index contributed by atoms with van der Waals surface area (Å²) in [4.78, 5) is 26.4. The number of hydrogen-bond donors (Lipinski definition) is 0. The van der Waals surface area contributed by atoms with Crippen molar-refractivity contribution in [3.05, 3.63) is 70.3 Å². The van der Waals surface area contributed by atoms with Crippen molar-refractivity contribution in [1.82, 2.24) is 0 Å². The molecule has 0 fully saturated rings. The van der Waals surface area contributed by atoms with Crippen LogP contribution < -0.4 is 4.90 Å². The molecule has 1 aliphatic rings. The Morgan fingerprint density at radius 2 is 1.46 bits per heavy atom. The number of rotatable bonds is 3. The highest BCUT2D eigenvalue weighted by Crippen LogP contribution is 2.35. The Hall–Kier alpha value is -2.39. The van der Waals surface area contributed by atoms with Crippen LogP contribution in [0, 0.1) is 6.92 Å². The SMILES string of the molecule is Cc1ccc(C2=C(Cl)C(=O)N(c3ccc(C(C)C)cc3)C2=O)cc1. The lowest BCUT2D eigenvalue weighted by Crippen LogP contribution is -2.31. The van der Waals surface area contributed by atoms with Gasteiger partial charge in [-0.15, -0.1) is 0 Å². The van der Waals surface area contributed by atoms with Gasteiger partial charge < -0.3 is 0 Å². The first-order valence-electron chi connectivity index (χ1n) is 7.85. The number of aryl methyl sites for hydroxylation is 1. The number of carbonyl (C=O) groups is 2. The van der Waals surface area contributed by atoms with E-state index in [-0.39, 0.29) is 16.5 Å². The average molecular weight is 340 g/mol. The van der Waals surface area contributed by atoms with Crippen LogP contribution in [-0.4, -0.2) is 11.8 Å². The number of halogens is 1. The second-order valence-electron chi connectivity index (χ2n) is 6.25. The highest BCUT2D eigenvalue weighted by molar-refractivity contribution is 6.60. The summed E-state index contributed by atoms with van der Waals surface area (Å²) in [7, 11) is 0. The third kappa shape index (κ3) is 2.76. The zero-order valence-corrected chi connectivity index (χ0v) is 14.6. The summed E-state index contributed by atoms with van der Waals surface area (Å²) < 4.78 is 0. The Morgan fingerprint density at radius 1 is 0.875 bits per heavy atom. The first kappa shape index (κ1) is 16.5. The standard InChI is InChI=1S/C20H18ClNO2/c1-12(2)14-8-10-16(11-9-14)22-19(23)17(18(21)20(22)24)15-6-4-13(3)5-7-15/h4-12H,1-3H3. The molecule has 0 spiro atoms. The molecule has 0 aliphatic carbocycles. The van der Waals surface area contributed by atoms with Crippen LogP contribution in [0.3, 0.4) is 0 Å². The van der Waals surface area contributed by atoms with Crippen molar-refractivity contribution in [2.75, 3.05) is 4.90 Å². The Morgan fingerprint density at radius 3 is 2.00 bits per heavy atom. The van der Waals surface area contributed by atoms with Gasteiger partial charge in [0.05, 0.1) is 11.3 Å². The van der Waals surface area contributed by atoms with Crippen molar-refractivity contribution >= 4 is 34.7 Å². The normalized spacial score (nSPS) is 15.0. The van der Waals surface area contributed by atoms with Gasteiger partial charge in [0.15, 0.2) is 0 Å². The number of anilines is 1. The molecule has 122 valence electrons. The van der Waals surface area contributed by atoms with Crippen molar-refractivity contribution in [3.8, 4) is 0 Å². The monoisotopic (exact) mass is 339 g/mol. The van der Waals surface area contributed by atoms with Crippen LogP contribution >= 0.6 is 11.6 Å². The van der Waals surface area contributed by atoms with Crippen LogP contribution in [0.2, 0.25) is 0 Å². The largest absolute Gasteiger partial charge is 0.277 e. The molecule has 24 heavy (non-hydrogen) atoms. The van der Waals surface area contributed by atoms with Gasteiger partial charge >= 0.3 is 0 Å². The number of benzene rings is 2. The van der Waals surface area contributed by atoms with Crippen molar-refractivity contribution in [2.24, 2.45) is 0 Å². The highest BCUT2D eigenvalue weighted by Gasteiger charge is 2.39. The Kier molecular flexibility index (Phi) is 4.29. The van der Waals surface area contributed by atoms with Crippen LogP contribution in [-0.2, 0) is 9.59 Å². The lowest BCUT2D eigenvalue weighted by molar-refractivity contribution is -0.119. The molecular weight excluding hydrogens is 322 g/mol. The van der Waals surface area contributed by atoms with Gasteiger partial charge in [-0.1, -0.05) is 67.4 Å². The summed E-state index contributed by atoms with van der Waals surface area (Å²) in [5.41, 5.74) is 3.68. The molecule has 0 aromatic heterocycles. The van der Waals surface area contributed by atoms with E-state index in [1.807, 2.05) is 43.3 Å². The molecule has 4 heteroatoms. The van der Waals surface area contributed by atoms with E-state index in [0.717, 1.165) is 16.0 Å². The van der Waals surface area contributed by atoms with Gasteiger partial charge in [0, 0.05) is 0 Å². The molecule has 1 heterocycles. The minimum Gasteiger partial charge on any atom is -0.268 e. The van der Waals surface area contributed by atoms with Gasteiger partial charge in [0.25, 0.3) is 11.8 Å². The molecule has 0 N–H and O–H groups in total. The molecule has 1 aliphatic heterocycles. The fourth-order valence-electron chi connectivity index (χ4n) is 2.72. The minimum absolute atomic E-state index is 0.0308. The molecule has 0 saturated heterocycles. The number of nitrogens with zero attached hydrogens (tertiary/aromatic N) is 1. The Labute approximate surface area is 146 Å². The van der Waals surface area contributed by atoms with Crippen LogP contribution in [0.1, 0.15) is 36.5 Å². The van der Waals surface area contributed by atoms with Crippen molar-refractivity contribution in [3.63, 3.8) is 0 Å². The molecule has 0 unspecified atom stereocenters. The zero-order chi connectivity index (χ0) is 17.4. The second kappa shape index (κ2) is 6.25. The predicted octanol–water partition coefficient (Wildman–Crippen LogP) is 4.64. The molecule has 2 aromatic rings. The van der Waals surface area contributed by atoms with Gasteiger partial charge in [-0.05, 0) is 36.1 Å². The van der Waals surface area contributed by atoms with Gasteiger partial charge in [-0.2, -0.15) is 0 Å². The third-order valence-electron chi connectivity index (χ3n) is 4.19. The van der Waals surface area contributed by atoms with E-state index in [0.29, 0.717) is 17.2 Å². The van der Waals surface area contributed by atoms with Crippen molar-refractivity contribution in [1.29, 1.82) is 0 Å². The molecule has 0 atom stereocenters. The fourth-order valence-corrected chi connectivity index (χ4v) is 2.99. The lowest BCUT2D eigenvalue weighted by Gasteiger charge is -2.16. The van der Waals surface area contributed by atoms with E-state index in [9.17, 15) is 9.59 Å². The number of imide groups is 1. The summed E-state index contributed by atoms with van der Waals surface area (Å²) in [5, 5.41) is -0.0308. The van der Waals surface area contributed by atoms with Gasteiger partial charge in [-0.25, -0.2) is 4.90 Å². The fraction of sp³-hybridized carbons (Fsp3) is 0.200. The molecule has 3 nitrogen and oxygen atoms in total. The summed E-state index contributed by atoms with van der Waals surface area (Å²) in [6.45, 7) is 6.15. The minimum atomic E-state index is -0.477. The zero-order valence-electron chi connectivity index (χ0n) is 13.8. The summed E-state index contributed by atoms with van der Waals surface area (Å²) in [5.74, 6) is -0.477. The lowest BCUT2D eigenvalue weighted by atomic mass is 10.0. The molecule has 0 saturated carbocycles. The van der Waals surface area contributed by atoms with Gasteiger partial charge in [0.1, 0.15) is 5.03 Å². The van der Waals surface area contributed by atoms with Crippen LogP contribution in [0.15, 0.2) is 53.6 Å². The first-order chi connectivity index (χ1) is 11.4. The predicted molar refractivity (Wildman–Crippen MR) is 97.0 cm³/mol.